The van der Waals surface area contributed by atoms with Crippen LogP contribution in [-0.4, -0.2) is 59.4 Å². The molecular formula is C21H32N4O5S. The number of sulfonamides is 1. The smallest absolute Gasteiger partial charge is 0.261 e. The number of hydrogen-bond acceptors (Lipinski definition) is 6. The Morgan fingerprint density at radius 3 is 2.55 bits per heavy atom. The highest BCUT2D eigenvalue weighted by Crippen LogP contribution is 2.28. The van der Waals surface area contributed by atoms with Gasteiger partial charge in [0.15, 0.2) is 5.03 Å². The van der Waals surface area contributed by atoms with Crippen LogP contribution in [0.15, 0.2) is 29.4 Å². The summed E-state index contributed by atoms with van der Waals surface area (Å²) in [6.07, 6.45) is 7.71. The van der Waals surface area contributed by atoms with Gasteiger partial charge in [0, 0.05) is 19.2 Å². The summed E-state index contributed by atoms with van der Waals surface area (Å²) in [7, 11) is -4.14. The van der Waals surface area contributed by atoms with Gasteiger partial charge in [-0.1, -0.05) is 38.2 Å². The minimum absolute atomic E-state index is 0.103. The standard InChI is InChI=1S/C21H32N4O5S/c22-21(28)17-11-10-16(24-19(27)12-9-15-6-2-1-3-7-15)18(26)14-25(17)31(29,30)20-8-4-5-13-23-20/h4-5,8,13,15-18,26H,1-3,6-7,9-12,14H2,(H2,22,28)(H,24,27)/t16-,17+,18-/m0/s1. The molecule has 1 aliphatic carbocycles. The predicted molar refractivity (Wildman–Crippen MR) is 114 cm³/mol. The van der Waals surface area contributed by atoms with Gasteiger partial charge in [0.25, 0.3) is 10.0 Å². The molecule has 3 rings (SSSR count). The van der Waals surface area contributed by atoms with Crippen molar-refractivity contribution in [3.05, 3.63) is 24.4 Å². The Labute approximate surface area is 183 Å². The van der Waals surface area contributed by atoms with Gasteiger partial charge < -0.3 is 16.2 Å². The quantitative estimate of drug-likeness (QED) is 0.562. The van der Waals surface area contributed by atoms with Crippen molar-refractivity contribution in [1.29, 1.82) is 0 Å². The van der Waals surface area contributed by atoms with E-state index in [-0.39, 0.29) is 30.3 Å². The summed E-state index contributed by atoms with van der Waals surface area (Å²) in [5.41, 5.74) is 5.49. The van der Waals surface area contributed by atoms with Gasteiger partial charge in [-0.05, 0) is 37.3 Å². The lowest BCUT2D eigenvalue weighted by molar-refractivity contribution is -0.123. The minimum Gasteiger partial charge on any atom is -0.390 e. The molecule has 2 amide bonds. The number of nitrogens with one attached hydrogen (secondary N) is 1. The molecule has 1 saturated carbocycles. The second kappa shape index (κ2) is 10.5. The summed E-state index contributed by atoms with van der Waals surface area (Å²) in [6.45, 7) is -0.347. The van der Waals surface area contributed by atoms with Crippen molar-refractivity contribution in [1.82, 2.24) is 14.6 Å². The predicted octanol–water partition coefficient (Wildman–Crippen LogP) is 0.926. The van der Waals surface area contributed by atoms with E-state index in [9.17, 15) is 23.1 Å². The molecular weight excluding hydrogens is 420 g/mol. The fraction of sp³-hybridized carbons (Fsp3) is 0.667. The van der Waals surface area contributed by atoms with E-state index in [1.54, 1.807) is 6.07 Å². The molecule has 1 aromatic rings. The van der Waals surface area contributed by atoms with E-state index >= 15 is 0 Å². The molecule has 31 heavy (non-hydrogen) atoms. The number of rotatable bonds is 7. The second-order valence-corrected chi connectivity index (χ2v) is 10.4. The number of aromatic nitrogens is 1. The molecule has 2 fully saturated rings. The molecule has 0 radical (unpaired) electrons. The molecule has 0 bridgehead atoms. The monoisotopic (exact) mass is 452 g/mol. The van der Waals surface area contributed by atoms with Crippen molar-refractivity contribution in [2.75, 3.05) is 6.54 Å². The fourth-order valence-corrected chi connectivity index (χ4v) is 6.12. The summed E-state index contributed by atoms with van der Waals surface area (Å²) >= 11 is 0. The normalized spacial score (nSPS) is 26.2. The first-order chi connectivity index (χ1) is 14.8. The number of nitrogens with zero attached hydrogens (tertiary/aromatic N) is 2. The van der Waals surface area contributed by atoms with Crippen molar-refractivity contribution in [2.24, 2.45) is 11.7 Å². The van der Waals surface area contributed by atoms with Gasteiger partial charge in [-0.15, -0.1) is 0 Å². The van der Waals surface area contributed by atoms with Gasteiger partial charge in [0.05, 0.1) is 12.1 Å². The Morgan fingerprint density at radius 2 is 1.90 bits per heavy atom. The molecule has 3 atom stereocenters. The molecule has 1 saturated heterocycles. The number of hydrogen-bond donors (Lipinski definition) is 3. The number of carbonyl (C=O) groups excluding carboxylic acids is 2. The Balaban J connectivity index is 1.67. The van der Waals surface area contributed by atoms with E-state index in [2.05, 4.69) is 10.3 Å². The number of amides is 2. The zero-order chi connectivity index (χ0) is 22.4. The van der Waals surface area contributed by atoms with E-state index in [4.69, 9.17) is 5.73 Å². The summed E-state index contributed by atoms with van der Waals surface area (Å²) in [5.74, 6) is -0.390. The second-order valence-electron chi connectivity index (χ2n) is 8.52. The lowest BCUT2D eigenvalue weighted by Crippen LogP contribution is -2.51. The third-order valence-electron chi connectivity index (χ3n) is 6.32. The SMILES string of the molecule is NC(=O)[C@H]1CC[C@H](NC(=O)CCC2CCCCC2)[C@@H](O)CN1S(=O)(=O)c1ccccn1. The van der Waals surface area contributed by atoms with Gasteiger partial charge in [-0.2, -0.15) is 4.31 Å². The third kappa shape index (κ3) is 6.02. The number of carbonyl (C=O) groups is 2. The minimum atomic E-state index is -4.14. The number of β-amino-alcohol motifs (C(OH)–C–C–N with tert-alkyl or cyclic N) is 1. The van der Waals surface area contributed by atoms with Gasteiger partial charge in [-0.3, -0.25) is 9.59 Å². The highest BCUT2D eigenvalue weighted by atomic mass is 32.2. The molecule has 1 aromatic heterocycles. The summed E-state index contributed by atoms with van der Waals surface area (Å²) in [6, 6.07) is 2.68. The van der Waals surface area contributed by atoms with Crippen LogP contribution in [0.3, 0.4) is 0 Å². The van der Waals surface area contributed by atoms with Crippen LogP contribution in [0.4, 0.5) is 0 Å². The summed E-state index contributed by atoms with van der Waals surface area (Å²) in [4.78, 5) is 28.4. The van der Waals surface area contributed by atoms with E-state index in [1.165, 1.54) is 37.6 Å². The lowest BCUT2D eigenvalue weighted by Gasteiger charge is -2.28. The molecule has 9 nitrogen and oxygen atoms in total. The first kappa shape index (κ1) is 23.6. The van der Waals surface area contributed by atoms with Gasteiger partial charge in [0.2, 0.25) is 11.8 Å². The highest BCUT2D eigenvalue weighted by molar-refractivity contribution is 7.89. The fourth-order valence-electron chi connectivity index (χ4n) is 4.54. The van der Waals surface area contributed by atoms with Crippen LogP contribution < -0.4 is 11.1 Å². The molecule has 10 heteroatoms. The third-order valence-corrected chi connectivity index (χ3v) is 8.11. The van der Waals surface area contributed by atoms with E-state index in [1.807, 2.05) is 0 Å². The van der Waals surface area contributed by atoms with Crippen LogP contribution in [0.1, 0.15) is 57.8 Å². The number of aliphatic hydroxyl groups excluding tert-OH is 1. The van der Waals surface area contributed by atoms with Crippen molar-refractivity contribution in [3.8, 4) is 0 Å². The average Bonchev–Trinajstić information content (AvgIpc) is 2.93. The maximum Gasteiger partial charge on any atom is 0.261 e. The zero-order valence-electron chi connectivity index (χ0n) is 17.7. The maximum absolute atomic E-state index is 13.1. The van der Waals surface area contributed by atoms with Gasteiger partial charge in [-0.25, -0.2) is 13.4 Å². The first-order valence-electron chi connectivity index (χ1n) is 11.0. The Kier molecular flexibility index (Phi) is 8.01. The lowest BCUT2D eigenvalue weighted by atomic mass is 9.86. The maximum atomic E-state index is 13.1. The van der Waals surface area contributed by atoms with E-state index < -0.39 is 34.1 Å². The van der Waals surface area contributed by atoms with E-state index in [0.29, 0.717) is 12.3 Å². The molecule has 1 aliphatic heterocycles. The van der Waals surface area contributed by atoms with Crippen molar-refractivity contribution >= 4 is 21.8 Å². The number of aliphatic hydroxyl groups is 1. The Morgan fingerprint density at radius 1 is 1.16 bits per heavy atom. The van der Waals surface area contributed by atoms with Crippen molar-refractivity contribution in [2.45, 2.75) is 81.0 Å². The van der Waals surface area contributed by atoms with Crippen molar-refractivity contribution in [3.63, 3.8) is 0 Å². The topological polar surface area (TPSA) is 143 Å². The summed E-state index contributed by atoms with van der Waals surface area (Å²) in [5, 5.41) is 13.3. The zero-order valence-corrected chi connectivity index (χ0v) is 18.5. The van der Waals surface area contributed by atoms with Gasteiger partial charge in [0.1, 0.15) is 6.04 Å². The Hall–Kier alpha value is -2.04. The van der Waals surface area contributed by atoms with Crippen molar-refractivity contribution < 1.29 is 23.1 Å². The summed E-state index contributed by atoms with van der Waals surface area (Å²) < 4.78 is 27.0. The van der Waals surface area contributed by atoms with Crippen LogP contribution >= 0.6 is 0 Å². The number of pyridine rings is 1. The highest BCUT2D eigenvalue weighted by Gasteiger charge is 2.41. The Bertz CT molecular complexity index is 858. The van der Waals surface area contributed by atoms with E-state index in [0.717, 1.165) is 23.6 Å². The number of nitrogens with two attached hydrogens (primary N) is 1. The van der Waals surface area contributed by atoms with Gasteiger partial charge >= 0.3 is 0 Å². The van der Waals surface area contributed by atoms with Crippen LogP contribution in [0, 0.1) is 5.92 Å². The average molecular weight is 453 g/mol. The number of primary amides is 1. The van der Waals surface area contributed by atoms with Crippen LogP contribution in [0.2, 0.25) is 0 Å². The van der Waals surface area contributed by atoms with Crippen LogP contribution in [0.5, 0.6) is 0 Å². The molecule has 0 aromatic carbocycles. The largest absolute Gasteiger partial charge is 0.390 e. The molecule has 0 spiro atoms. The van der Waals surface area contributed by atoms with Crippen LogP contribution in [-0.2, 0) is 19.6 Å². The van der Waals surface area contributed by atoms with Crippen LogP contribution in [0.25, 0.3) is 0 Å². The molecule has 4 N–H and O–H groups in total. The molecule has 2 aliphatic rings. The molecule has 172 valence electrons. The molecule has 0 unspecified atom stereocenters. The molecule has 2 heterocycles. The first-order valence-corrected chi connectivity index (χ1v) is 12.4.